The molecule has 1 heterocycles. The lowest BCUT2D eigenvalue weighted by Gasteiger charge is -2.23. The zero-order chi connectivity index (χ0) is 11.2. The van der Waals surface area contributed by atoms with Crippen LogP contribution in [0.3, 0.4) is 0 Å². The van der Waals surface area contributed by atoms with Crippen molar-refractivity contribution in [3.05, 3.63) is 35.4 Å². The molecular weight excluding hydrogens is 198 g/mol. The maximum absolute atomic E-state index is 10.4. The van der Waals surface area contributed by atoms with Gasteiger partial charge in [-0.15, -0.1) is 0 Å². The summed E-state index contributed by atoms with van der Waals surface area (Å²) < 4.78 is 0. The van der Waals surface area contributed by atoms with E-state index in [1.165, 1.54) is 24.0 Å². The van der Waals surface area contributed by atoms with E-state index in [2.05, 4.69) is 29.6 Å². The molecule has 0 aromatic heterocycles. The van der Waals surface area contributed by atoms with E-state index in [9.17, 15) is 4.79 Å². The Kier molecular flexibility index (Phi) is 4.11. The van der Waals surface area contributed by atoms with Crippen LogP contribution in [0.2, 0.25) is 0 Å². The average molecular weight is 217 g/mol. The quantitative estimate of drug-likeness (QED) is 0.784. The highest BCUT2D eigenvalue weighted by Crippen LogP contribution is 2.25. The third-order valence-electron chi connectivity index (χ3n) is 3.31. The molecule has 0 amide bonds. The van der Waals surface area contributed by atoms with Crippen LogP contribution >= 0.6 is 0 Å². The van der Waals surface area contributed by atoms with Crippen molar-refractivity contribution in [2.45, 2.75) is 31.6 Å². The van der Waals surface area contributed by atoms with Crippen molar-refractivity contribution in [1.82, 2.24) is 5.32 Å². The van der Waals surface area contributed by atoms with Crippen molar-refractivity contribution in [2.75, 3.05) is 13.1 Å². The molecule has 0 atom stereocenters. The first-order valence-corrected chi connectivity index (χ1v) is 6.13. The van der Waals surface area contributed by atoms with Crippen molar-refractivity contribution in [3.8, 4) is 0 Å². The van der Waals surface area contributed by atoms with Crippen molar-refractivity contribution in [2.24, 2.45) is 0 Å². The maximum Gasteiger partial charge on any atom is 0.120 e. The second-order valence-electron chi connectivity index (χ2n) is 4.47. The van der Waals surface area contributed by atoms with Crippen LogP contribution in [0.5, 0.6) is 0 Å². The monoisotopic (exact) mass is 217 g/mol. The number of benzene rings is 1. The molecule has 0 unspecified atom stereocenters. The molecule has 1 fully saturated rings. The fraction of sp³-hybridized carbons (Fsp3) is 0.500. The van der Waals surface area contributed by atoms with E-state index in [-0.39, 0.29) is 0 Å². The van der Waals surface area contributed by atoms with E-state index in [0.29, 0.717) is 12.3 Å². The summed E-state index contributed by atoms with van der Waals surface area (Å²) in [6.07, 6.45) is 4.98. The molecule has 2 heteroatoms. The fourth-order valence-corrected chi connectivity index (χ4v) is 2.38. The number of hydrogen-bond donors (Lipinski definition) is 1. The van der Waals surface area contributed by atoms with Crippen molar-refractivity contribution >= 4 is 6.29 Å². The SMILES string of the molecule is O=CCCc1cccc(C2CCNCC2)c1. The van der Waals surface area contributed by atoms with Gasteiger partial charge in [-0.3, -0.25) is 0 Å². The Balaban J connectivity index is 2.05. The first-order chi connectivity index (χ1) is 7.90. The average Bonchev–Trinajstić information content (AvgIpc) is 2.38. The summed E-state index contributed by atoms with van der Waals surface area (Å²) >= 11 is 0. The van der Waals surface area contributed by atoms with Gasteiger partial charge < -0.3 is 10.1 Å². The lowest BCUT2D eigenvalue weighted by molar-refractivity contribution is -0.107. The number of piperidine rings is 1. The van der Waals surface area contributed by atoms with E-state index >= 15 is 0 Å². The first kappa shape index (κ1) is 11.3. The molecule has 2 nitrogen and oxygen atoms in total. The van der Waals surface area contributed by atoms with E-state index in [1.807, 2.05) is 0 Å². The summed E-state index contributed by atoms with van der Waals surface area (Å²) in [5.74, 6) is 0.706. The zero-order valence-corrected chi connectivity index (χ0v) is 9.61. The molecule has 0 spiro atoms. The van der Waals surface area contributed by atoms with E-state index in [4.69, 9.17) is 0 Å². The van der Waals surface area contributed by atoms with Gasteiger partial charge in [0, 0.05) is 6.42 Å². The Morgan fingerprint density at radius 3 is 2.88 bits per heavy atom. The van der Waals surface area contributed by atoms with Gasteiger partial charge in [-0.2, -0.15) is 0 Å². The number of rotatable bonds is 4. The van der Waals surface area contributed by atoms with Gasteiger partial charge in [-0.1, -0.05) is 24.3 Å². The van der Waals surface area contributed by atoms with Crippen LogP contribution in [0.1, 0.15) is 36.3 Å². The van der Waals surface area contributed by atoms with E-state index in [0.717, 1.165) is 25.8 Å². The van der Waals surface area contributed by atoms with Crippen LogP contribution in [0, 0.1) is 0 Å². The van der Waals surface area contributed by atoms with Gasteiger partial charge in [0.15, 0.2) is 0 Å². The number of hydrogen-bond acceptors (Lipinski definition) is 2. The number of nitrogens with one attached hydrogen (secondary N) is 1. The standard InChI is InChI=1S/C14H19NO/c16-10-2-4-12-3-1-5-14(11-12)13-6-8-15-9-7-13/h1,3,5,10-11,13,15H,2,4,6-9H2. The summed E-state index contributed by atoms with van der Waals surface area (Å²) in [6.45, 7) is 2.26. The number of aldehydes is 1. The van der Waals surface area contributed by atoms with Crippen LogP contribution in [0.15, 0.2) is 24.3 Å². The first-order valence-electron chi connectivity index (χ1n) is 6.13. The van der Waals surface area contributed by atoms with Crippen LogP contribution in [-0.2, 0) is 11.2 Å². The maximum atomic E-state index is 10.4. The van der Waals surface area contributed by atoms with Crippen molar-refractivity contribution < 1.29 is 4.79 Å². The Morgan fingerprint density at radius 2 is 2.12 bits per heavy atom. The number of carbonyl (C=O) groups is 1. The van der Waals surface area contributed by atoms with Crippen LogP contribution < -0.4 is 5.32 Å². The molecular formula is C14H19NO. The van der Waals surface area contributed by atoms with Gasteiger partial charge in [0.1, 0.15) is 6.29 Å². The molecule has 1 aromatic rings. The van der Waals surface area contributed by atoms with Crippen molar-refractivity contribution in [1.29, 1.82) is 0 Å². The van der Waals surface area contributed by atoms with E-state index in [1.54, 1.807) is 0 Å². The van der Waals surface area contributed by atoms with Gasteiger partial charge in [0.25, 0.3) is 0 Å². The highest BCUT2D eigenvalue weighted by Gasteiger charge is 2.14. The molecule has 16 heavy (non-hydrogen) atoms. The minimum Gasteiger partial charge on any atom is -0.317 e. The molecule has 1 aliphatic rings. The third-order valence-corrected chi connectivity index (χ3v) is 3.31. The van der Waals surface area contributed by atoms with E-state index < -0.39 is 0 Å². The van der Waals surface area contributed by atoms with Crippen LogP contribution in [0.4, 0.5) is 0 Å². The van der Waals surface area contributed by atoms with Gasteiger partial charge in [0.2, 0.25) is 0 Å². The largest absolute Gasteiger partial charge is 0.317 e. The normalized spacial score (nSPS) is 17.2. The Hall–Kier alpha value is -1.15. The zero-order valence-electron chi connectivity index (χ0n) is 9.61. The Morgan fingerprint density at radius 1 is 1.31 bits per heavy atom. The molecule has 1 N–H and O–H groups in total. The summed E-state index contributed by atoms with van der Waals surface area (Å²) in [5, 5.41) is 3.39. The van der Waals surface area contributed by atoms with Crippen molar-refractivity contribution in [3.63, 3.8) is 0 Å². The van der Waals surface area contributed by atoms with Gasteiger partial charge in [-0.05, 0) is 49.4 Å². The number of aryl methyl sites for hydroxylation is 1. The molecule has 2 rings (SSSR count). The molecule has 1 saturated heterocycles. The molecule has 0 radical (unpaired) electrons. The summed E-state index contributed by atoms with van der Waals surface area (Å²) in [5.41, 5.74) is 2.74. The molecule has 1 aliphatic heterocycles. The summed E-state index contributed by atoms with van der Waals surface area (Å²) in [7, 11) is 0. The predicted molar refractivity (Wildman–Crippen MR) is 65.7 cm³/mol. The Labute approximate surface area is 97.1 Å². The molecule has 86 valence electrons. The second-order valence-corrected chi connectivity index (χ2v) is 4.47. The lowest BCUT2D eigenvalue weighted by atomic mass is 9.89. The highest BCUT2D eigenvalue weighted by molar-refractivity contribution is 5.50. The number of carbonyl (C=O) groups excluding carboxylic acids is 1. The predicted octanol–water partition coefficient (Wildman–Crippen LogP) is 2.29. The molecule has 0 bridgehead atoms. The topological polar surface area (TPSA) is 29.1 Å². The molecule has 0 saturated carbocycles. The van der Waals surface area contributed by atoms with Gasteiger partial charge >= 0.3 is 0 Å². The fourth-order valence-electron chi connectivity index (χ4n) is 2.38. The third kappa shape index (κ3) is 2.92. The van der Waals surface area contributed by atoms with Gasteiger partial charge in [-0.25, -0.2) is 0 Å². The Bertz CT molecular complexity index is 342. The minimum absolute atomic E-state index is 0.635. The smallest absolute Gasteiger partial charge is 0.120 e. The van der Waals surface area contributed by atoms with Crippen LogP contribution in [-0.4, -0.2) is 19.4 Å². The highest BCUT2D eigenvalue weighted by atomic mass is 16.1. The summed E-state index contributed by atoms with van der Waals surface area (Å²) in [4.78, 5) is 10.4. The minimum atomic E-state index is 0.635. The summed E-state index contributed by atoms with van der Waals surface area (Å²) in [6, 6.07) is 8.74. The van der Waals surface area contributed by atoms with Crippen LogP contribution in [0.25, 0.3) is 0 Å². The molecule has 1 aromatic carbocycles. The molecule has 0 aliphatic carbocycles. The lowest BCUT2D eigenvalue weighted by Crippen LogP contribution is -2.26. The van der Waals surface area contributed by atoms with Gasteiger partial charge in [0.05, 0.1) is 0 Å². The second kappa shape index (κ2) is 5.80.